The minimum atomic E-state index is -0.529. The van der Waals surface area contributed by atoms with Crippen LogP contribution < -0.4 is 0 Å². The zero-order chi connectivity index (χ0) is 11.6. The highest BCUT2D eigenvalue weighted by atomic mass is 32.2. The summed E-state index contributed by atoms with van der Waals surface area (Å²) in [5.74, 6) is 1.91. The van der Waals surface area contributed by atoms with E-state index in [1.807, 2.05) is 37.4 Å². The summed E-state index contributed by atoms with van der Waals surface area (Å²) < 4.78 is 11.7. The van der Waals surface area contributed by atoms with Gasteiger partial charge in [0.15, 0.2) is 5.79 Å². The van der Waals surface area contributed by atoms with Crippen molar-refractivity contribution in [3.8, 4) is 0 Å². The maximum absolute atomic E-state index is 10.1. The first-order chi connectivity index (χ1) is 7.57. The van der Waals surface area contributed by atoms with Crippen molar-refractivity contribution in [1.29, 1.82) is 0 Å². The largest absolute Gasteiger partial charge is 0.390 e. The Kier molecular flexibility index (Phi) is 4.46. The second kappa shape index (κ2) is 5.48. The van der Waals surface area contributed by atoms with Crippen LogP contribution in [0.1, 0.15) is 26.7 Å². The number of aliphatic hydroxyl groups is 1. The molecule has 2 saturated heterocycles. The summed E-state index contributed by atoms with van der Waals surface area (Å²) in [5.41, 5.74) is 0. The third-order valence-electron chi connectivity index (χ3n) is 2.79. The van der Waals surface area contributed by atoms with E-state index in [9.17, 15) is 5.11 Å². The van der Waals surface area contributed by atoms with Gasteiger partial charge in [0.1, 0.15) is 6.10 Å². The van der Waals surface area contributed by atoms with Gasteiger partial charge in [0.2, 0.25) is 0 Å². The van der Waals surface area contributed by atoms with Crippen molar-refractivity contribution in [2.24, 2.45) is 0 Å². The van der Waals surface area contributed by atoms with Crippen molar-refractivity contribution < 1.29 is 14.6 Å². The van der Waals surface area contributed by atoms with Gasteiger partial charge in [0.05, 0.1) is 17.3 Å². The first kappa shape index (κ1) is 13.0. The van der Waals surface area contributed by atoms with Gasteiger partial charge >= 0.3 is 0 Å². The fourth-order valence-electron chi connectivity index (χ4n) is 1.93. The normalized spacial score (nSPS) is 32.8. The van der Waals surface area contributed by atoms with Gasteiger partial charge in [-0.15, -0.1) is 23.5 Å². The molecule has 0 aromatic rings. The van der Waals surface area contributed by atoms with Crippen LogP contribution in [0.15, 0.2) is 0 Å². The van der Waals surface area contributed by atoms with Crippen molar-refractivity contribution in [3.05, 3.63) is 0 Å². The van der Waals surface area contributed by atoms with Gasteiger partial charge in [-0.25, -0.2) is 0 Å². The Bertz CT molecular complexity index is 229. The Morgan fingerprint density at radius 2 is 2.06 bits per heavy atom. The van der Waals surface area contributed by atoms with Gasteiger partial charge in [-0.2, -0.15) is 0 Å². The molecule has 3 nitrogen and oxygen atoms in total. The molecule has 16 heavy (non-hydrogen) atoms. The van der Waals surface area contributed by atoms with E-state index in [4.69, 9.17) is 9.47 Å². The molecule has 1 N–H and O–H groups in total. The molecule has 2 atom stereocenters. The van der Waals surface area contributed by atoms with Crippen molar-refractivity contribution in [2.45, 2.75) is 49.3 Å². The van der Waals surface area contributed by atoms with E-state index in [0.717, 1.165) is 6.42 Å². The molecular weight excluding hydrogens is 244 g/mol. The van der Waals surface area contributed by atoms with Crippen LogP contribution in [0.3, 0.4) is 0 Å². The third kappa shape index (κ3) is 3.53. The van der Waals surface area contributed by atoms with Crippen molar-refractivity contribution in [3.63, 3.8) is 0 Å². The first-order valence-corrected chi connectivity index (χ1v) is 7.90. The van der Waals surface area contributed by atoms with Gasteiger partial charge in [0.25, 0.3) is 0 Å². The number of rotatable bonds is 3. The summed E-state index contributed by atoms with van der Waals surface area (Å²) in [6.45, 7) is 4.30. The van der Waals surface area contributed by atoms with Gasteiger partial charge < -0.3 is 14.6 Å². The minimum Gasteiger partial charge on any atom is -0.390 e. The van der Waals surface area contributed by atoms with E-state index in [2.05, 4.69) is 0 Å². The lowest BCUT2D eigenvalue weighted by atomic mass is 10.2. The number of ether oxygens (including phenoxy) is 2. The maximum Gasteiger partial charge on any atom is 0.163 e. The molecule has 0 saturated carbocycles. The van der Waals surface area contributed by atoms with E-state index in [1.165, 1.54) is 17.9 Å². The lowest BCUT2D eigenvalue weighted by Gasteiger charge is -2.26. The Hall–Kier alpha value is 0.580. The van der Waals surface area contributed by atoms with Crippen molar-refractivity contribution in [2.75, 3.05) is 18.1 Å². The fraction of sp³-hybridized carbons (Fsp3) is 1.00. The minimum absolute atomic E-state index is 0.155. The molecule has 0 aromatic heterocycles. The predicted molar refractivity (Wildman–Crippen MR) is 68.8 cm³/mol. The van der Waals surface area contributed by atoms with Crippen molar-refractivity contribution >= 4 is 23.5 Å². The van der Waals surface area contributed by atoms with E-state index in [1.54, 1.807) is 0 Å². The summed E-state index contributed by atoms with van der Waals surface area (Å²) >= 11 is 3.91. The van der Waals surface area contributed by atoms with Crippen LogP contribution >= 0.6 is 23.5 Å². The van der Waals surface area contributed by atoms with Gasteiger partial charge in [0, 0.05) is 0 Å². The van der Waals surface area contributed by atoms with Crippen LogP contribution in [0.5, 0.6) is 0 Å². The number of thioether (sulfide) groups is 2. The van der Waals surface area contributed by atoms with Gasteiger partial charge in [-0.3, -0.25) is 0 Å². The molecular formula is C11H20O3S2. The highest BCUT2D eigenvalue weighted by Gasteiger charge is 2.37. The topological polar surface area (TPSA) is 38.7 Å². The van der Waals surface area contributed by atoms with Crippen LogP contribution in [-0.2, 0) is 9.47 Å². The van der Waals surface area contributed by atoms with Crippen LogP contribution in [0.2, 0.25) is 0 Å². The molecule has 0 bridgehead atoms. The van der Waals surface area contributed by atoms with Crippen LogP contribution in [0.4, 0.5) is 0 Å². The lowest BCUT2D eigenvalue weighted by Crippen LogP contribution is -2.32. The molecule has 2 unspecified atom stereocenters. The SMILES string of the molecule is CC1(C)OCC(C(O)CC2SCCCS2)O1. The average molecular weight is 264 g/mol. The van der Waals surface area contributed by atoms with E-state index in [-0.39, 0.29) is 6.10 Å². The molecule has 5 heteroatoms. The smallest absolute Gasteiger partial charge is 0.163 e. The monoisotopic (exact) mass is 264 g/mol. The molecule has 0 amide bonds. The Balaban J connectivity index is 1.77. The molecule has 0 radical (unpaired) electrons. The Morgan fingerprint density at radius 3 is 2.62 bits per heavy atom. The molecule has 2 rings (SSSR count). The zero-order valence-corrected chi connectivity index (χ0v) is 11.5. The highest BCUT2D eigenvalue weighted by molar-refractivity contribution is 8.17. The summed E-state index contributed by atoms with van der Waals surface area (Å²) in [6, 6.07) is 0. The molecule has 2 heterocycles. The van der Waals surface area contributed by atoms with Crippen LogP contribution in [-0.4, -0.2) is 45.8 Å². The van der Waals surface area contributed by atoms with Gasteiger partial charge in [-0.05, 0) is 38.2 Å². The fourth-order valence-corrected chi connectivity index (χ4v) is 4.89. The predicted octanol–water partition coefficient (Wildman–Crippen LogP) is 2.09. The molecule has 0 aromatic carbocycles. The molecule has 0 spiro atoms. The quantitative estimate of drug-likeness (QED) is 0.845. The highest BCUT2D eigenvalue weighted by Crippen LogP contribution is 2.35. The van der Waals surface area contributed by atoms with Gasteiger partial charge in [-0.1, -0.05) is 0 Å². The maximum atomic E-state index is 10.1. The second-order valence-electron chi connectivity index (χ2n) is 4.69. The third-order valence-corrected chi connectivity index (χ3v) is 5.78. The first-order valence-electron chi connectivity index (χ1n) is 5.80. The van der Waals surface area contributed by atoms with Crippen LogP contribution in [0.25, 0.3) is 0 Å². The Labute approximate surface area is 106 Å². The Morgan fingerprint density at radius 1 is 1.38 bits per heavy atom. The lowest BCUT2D eigenvalue weighted by molar-refractivity contribution is -0.151. The molecule has 2 fully saturated rings. The molecule has 0 aliphatic carbocycles. The van der Waals surface area contributed by atoms with E-state index in [0.29, 0.717) is 11.2 Å². The molecule has 2 aliphatic heterocycles. The molecule has 94 valence electrons. The summed E-state index contributed by atoms with van der Waals surface area (Å²) in [4.78, 5) is 0. The second-order valence-corrected chi connectivity index (χ2v) is 7.61. The van der Waals surface area contributed by atoms with E-state index >= 15 is 0 Å². The number of hydrogen-bond donors (Lipinski definition) is 1. The summed E-state index contributed by atoms with van der Waals surface area (Å²) in [7, 11) is 0. The zero-order valence-electron chi connectivity index (χ0n) is 9.85. The standard InChI is InChI=1S/C11H20O3S2/c1-11(2)13-7-9(14-11)8(12)6-10-15-4-3-5-16-10/h8-10,12H,3-7H2,1-2H3. The van der Waals surface area contributed by atoms with E-state index < -0.39 is 11.9 Å². The van der Waals surface area contributed by atoms with Crippen molar-refractivity contribution in [1.82, 2.24) is 0 Å². The summed E-state index contributed by atoms with van der Waals surface area (Å²) in [5, 5.41) is 10.1. The number of aliphatic hydroxyl groups excluding tert-OH is 1. The average Bonchev–Trinajstić information content (AvgIpc) is 2.60. The molecule has 2 aliphatic rings. The van der Waals surface area contributed by atoms with Crippen LogP contribution in [0, 0.1) is 0 Å². The summed E-state index contributed by atoms with van der Waals surface area (Å²) in [6.07, 6.45) is 1.54. The number of hydrogen-bond acceptors (Lipinski definition) is 5.